The Morgan fingerprint density at radius 2 is 1.90 bits per heavy atom. The van der Waals surface area contributed by atoms with Gasteiger partial charge in [0.15, 0.2) is 5.52 Å². The number of nitriles is 1. The van der Waals surface area contributed by atoms with Crippen molar-refractivity contribution in [1.82, 2.24) is 24.5 Å². The number of nitrogens with zero attached hydrogens (tertiary/aromatic N) is 6. The maximum Gasteiger partial charge on any atom is 0.449 e. The van der Waals surface area contributed by atoms with Gasteiger partial charge < -0.3 is 9.47 Å². The number of fused-ring (bicyclic) bond motifs is 1. The summed E-state index contributed by atoms with van der Waals surface area (Å²) in [6.07, 6.45) is -3.27. The second-order valence-electron chi connectivity index (χ2n) is 9.47. The van der Waals surface area contributed by atoms with Crippen molar-refractivity contribution < 1.29 is 27.0 Å². The van der Waals surface area contributed by atoms with E-state index in [0.29, 0.717) is 23.3 Å². The molecule has 13 heteroatoms. The van der Waals surface area contributed by atoms with Crippen LogP contribution in [0.5, 0.6) is 5.88 Å². The summed E-state index contributed by atoms with van der Waals surface area (Å²) in [4.78, 5) is 29.8. The molecule has 4 aromatic rings. The van der Waals surface area contributed by atoms with E-state index in [1.807, 2.05) is 13.0 Å². The Morgan fingerprint density at radius 3 is 2.58 bits per heavy atom. The Morgan fingerprint density at radius 1 is 1.12 bits per heavy atom. The van der Waals surface area contributed by atoms with Crippen molar-refractivity contribution in [3.05, 3.63) is 75.5 Å². The van der Waals surface area contributed by atoms with Gasteiger partial charge in [0, 0.05) is 30.8 Å². The number of pyridine rings is 1. The Kier molecular flexibility index (Phi) is 6.97. The zero-order chi connectivity index (χ0) is 28.8. The highest BCUT2D eigenvalue weighted by molar-refractivity contribution is 5.88. The Balaban J connectivity index is 1.71. The van der Waals surface area contributed by atoms with E-state index in [4.69, 9.17) is 14.7 Å². The Bertz CT molecular complexity index is 1720. The maximum atomic E-state index is 15.2. The number of aromatic nitrogens is 5. The number of ether oxygens (including phenoxy) is 2. The molecule has 1 aliphatic rings. The van der Waals surface area contributed by atoms with Crippen LogP contribution in [0.2, 0.25) is 0 Å². The molecule has 9 nitrogen and oxygen atoms in total. The molecule has 4 heterocycles. The first-order valence-corrected chi connectivity index (χ1v) is 12.2. The van der Waals surface area contributed by atoms with Crippen molar-refractivity contribution in [2.45, 2.75) is 44.1 Å². The highest BCUT2D eigenvalue weighted by Gasteiger charge is 2.38. The van der Waals surface area contributed by atoms with Crippen LogP contribution in [-0.2, 0) is 18.0 Å². The lowest BCUT2D eigenvalue weighted by atomic mass is 9.88. The number of methoxy groups -OCH3 is 1. The molecule has 0 radical (unpaired) electrons. The summed E-state index contributed by atoms with van der Waals surface area (Å²) in [5.41, 5.74) is -1.60. The van der Waals surface area contributed by atoms with Gasteiger partial charge in [-0.3, -0.25) is 9.36 Å². The summed E-state index contributed by atoms with van der Waals surface area (Å²) in [6.45, 7) is 1.86. The lowest BCUT2D eigenvalue weighted by Crippen LogP contribution is -2.30. The lowest BCUT2D eigenvalue weighted by Gasteiger charge is -2.33. The molecule has 0 N–H and O–H groups in total. The van der Waals surface area contributed by atoms with E-state index in [2.05, 4.69) is 19.9 Å². The number of hydrogen-bond donors (Lipinski definition) is 0. The molecule has 1 aliphatic heterocycles. The fraction of sp³-hybridized carbons (Fsp3) is 0.333. The molecule has 0 amide bonds. The lowest BCUT2D eigenvalue weighted by molar-refractivity contribution is -0.147. The number of alkyl halides is 3. The number of halogens is 4. The summed E-state index contributed by atoms with van der Waals surface area (Å²) in [5, 5.41) is 9.13. The van der Waals surface area contributed by atoms with Gasteiger partial charge in [0.1, 0.15) is 22.9 Å². The SMILES string of the molecule is COc1cc([C@H]2C[C@H](c3nc(-c4ccc(C#N)cc4F)c4nc(C(F)(F)F)n(C)c(=O)c4n3)C[C@@H](C)O2)ccn1. The van der Waals surface area contributed by atoms with Crippen LogP contribution >= 0.6 is 0 Å². The summed E-state index contributed by atoms with van der Waals surface area (Å²) in [7, 11) is 2.44. The molecule has 0 unspecified atom stereocenters. The molecular formula is C27H22F4N6O3. The van der Waals surface area contributed by atoms with Gasteiger partial charge in [0.25, 0.3) is 5.56 Å². The first-order chi connectivity index (χ1) is 19.0. The van der Waals surface area contributed by atoms with E-state index >= 15 is 4.39 Å². The molecule has 0 spiro atoms. The van der Waals surface area contributed by atoms with E-state index in [0.717, 1.165) is 18.7 Å². The van der Waals surface area contributed by atoms with Crippen LogP contribution in [0.3, 0.4) is 0 Å². The minimum absolute atomic E-state index is 0.00793. The van der Waals surface area contributed by atoms with E-state index in [-0.39, 0.29) is 34.3 Å². The van der Waals surface area contributed by atoms with Gasteiger partial charge in [0.2, 0.25) is 11.7 Å². The van der Waals surface area contributed by atoms with Crippen LogP contribution in [0.4, 0.5) is 17.6 Å². The Labute approximate surface area is 225 Å². The fourth-order valence-electron chi connectivity index (χ4n) is 4.87. The van der Waals surface area contributed by atoms with Crippen LogP contribution in [0, 0.1) is 17.1 Å². The van der Waals surface area contributed by atoms with Crippen molar-refractivity contribution in [2.75, 3.05) is 7.11 Å². The maximum absolute atomic E-state index is 15.2. The molecule has 1 aromatic carbocycles. The minimum atomic E-state index is -4.96. The van der Waals surface area contributed by atoms with Crippen molar-refractivity contribution in [3.8, 4) is 23.2 Å². The topological polar surface area (TPSA) is 116 Å². The van der Waals surface area contributed by atoms with Gasteiger partial charge in [-0.05, 0) is 49.6 Å². The normalized spacial score (nSPS) is 19.4. The number of benzene rings is 1. The van der Waals surface area contributed by atoms with Crippen LogP contribution in [-0.4, -0.2) is 37.7 Å². The van der Waals surface area contributed by atoms with Crippen LogP contribution in [0.15, 0.2) is 41.3 Å². The van der Waals surface area contributed by atoms with Gasteiger partial charge in [-0.25, -0.2) is 24.3 Å². The standard InChI is InChI=1S/C27H22F4N6O3/c1-13-8-16(10-19(40-13)15-6-7-33-20(11-15)39-3)24-34-21(17-5-4-14(12-32)9-18(17)28)22-23(35-24)25(38)37(2)26(36-22)27(29,30)31/h4-7,9,11,13,16,19H,8,10H2,1-3H3/t13-,16-,19-/m1/s1. The van der Waals surface area contributed by atoms with E-state index in [1.165, 1.54) is 19.2 Å². The molecule has 1 fully saturated rings. The third kappa shape index (κ3) is 4.98. The van der Waals surface area contributed by atoms with Crippen molar-refractivity contribution >= 4 is 11.0 Å². The molecule has 0 saturated carbocycles. The van der Waals surface area contributed by atoms with E-state index in [1.54, 1.807) is 18.3 Å². The second kappa shape index (κ2) is 10.3. The smallest absolute Gasteiger partial charge is 0.449 e. The predicted octanol–water partition coefficient (Wildman–Crippen LogP) is 4.85. The predicted molar refractivity (Wildman–Crippen MR) is 134 cm³/mol. The molecule has 40 heavy (non-hydrogen) atoms. The average Bonchev–Trinajstić information content (AvgIpc) is 2.93. The molecule has 1 saturated heterocycles. The second-order valence-corrected chi connectivity index (χ2v) is 9.47. The van der Waals surface area contributed by atoms with Crippen molar-refractivity contribution in [2.24, 2.45) is 7.05 Å². The van der Waals surface area contributed by atoms with Gasteiger partial charge in [-0.1, -0.05) is 0 Å². The highest BCUT2D eigenvalue weighted by atomic mass is 19.4. The monoisotopic (exact) mass is 554 g/mol. The van der Waals surface area contributed by atoms with Crippen molar-refractivity contribution in [3.63, 3.8) is 0 Å². The number of hydrogen-bond acceptors (Lipinski definition) is 8. The van der Waals surface area contributed by atoms with Gasteiger partial charge in [-0.2, -0.15) is 18.4 Å². The zero-order valence-electron chi connectivity index (χ0n) is 21.5. The molecule has 0 aliphatic carbocycles. The van der Waals surface area contributed by atoms with E-state index < -0.39 is 40.9 Å². The van der Waals surface area contributed by atoms with Gasteiger partial charge in [-0.15, -0.1) is 0 Å². The molecular weight excluding hydrogens is 532 g/mol. The number of rotatable bonds is 4. The summed E-state index contributed by atoms with van der Waals surface area (Å²) < 4.78 is 68.1. The quantitative estimate of drug-likeness (QED) is 0.329. The molecule has 0 bridgehead atoms. The fourth-order valence-corrected chi connectivity index (χ4v) is 4.87. The first kappa shape index (κ1) is 27.1. The van der Waals surface area contributed by atoms with E-state index in [9.17, 15) is 18.0 Å². The van der Waals surface area contributed by atoms with Gasteiger partial charge >= 0.3 is 6.18 Å². The van der Waals surface area contributed by atoms with Crippen LogP contribution < -0.4 is 10.3 Å². The zero-order valence-corrected chi connectivity index (χ0v) is 21.5. The summed E-state index contributed by atoms with van der Waals surface area (Å²) in [6, 6.07) is 8.79. The first-order valence-electron chi connectivity index (χ1n) is 12.2. The molecule has 206 valence electrons. The van der Waals surface area contributed by atoms with Crippen LogP contribution in [0.1, 0.15) is 54.6 Å². The van der Waals surface area contributed by atoms with Crippen LogP contribution in [0.25, 0.3) is 22.3 Å². The van der Waals surface area contributed by atoms with Crippen molar-refractivity contribution in [1.29, 1.82) is 5.26 Å². The highest BCUT2D eigenvalue weighted by Crippen LogP contribution is 2.41. The Hall–Kier alpha value is -4.44. The van der Waals surface area contributed by atoms with Gasteiger partial charge in [0.05, 0.1) is 31.0 Å². The average molecular weight is 555 g/mol. The summed E-state index contributed by atoms with van der Waals surface area (Å²) >= 11 is 0. The summed E-state index contributed by atoms with van der Waals surface area (Å²) in [5.74, 6) is -2.23. The molecule has 5 rings (SSSR count). The largest absolute Gasteiger partial charge is 0.481 e. The third-order valence-electron chi connectivity index (χ3n) is 6.77. The molecule has 3 atom stereocenters. The molecule has 3 aromatic heterocycles. The third-order valence-corrected chi connectivity index (χ3v) is 6.77. The minimum Gasteiger partial charge on any atom is -0.481 e.